The number of nitrogens with one attached hydrogen (secondary N) is 1. The van der Waals surface area contributed by atoms with E-state index in [1.54, 1.807) is 27.9 Å². The fraction of sp³-hybridized carbons (Fsp3) is 0.441. The number of likely N-dealkylation sites (tertiary alicyclic amines) is 1. The predicted octanol–water partition coefficient (Wildman–Crippen LogP) is 7.61. The van der Waals surface area contributed by atoms with E-state index in [0.717, 1.165) is 35.9 Å². The first-order chi connectivity index (χ1) is 20.2. The van der Waals surface area contributed by atoms with Gasteiger partial charge in [-0.05, 0) is 109 Å². The summed E-state index contributed by atoms with van der Waals surface area (Å²) in [4.78, 5) is 27.9. The van der Waals surface area contributed by atoms with Crippen LogP contribution in [0.4, 0.5) is 14.9 Å². The lowest BCUT2D eigenvalue weighted by Gasteiger charge is -2.33. The van der Waals surface area contributed by atoms with E-state index in [1.807, 2.05) is 59.7 Å². The third-order valence-corrected chi connectivity index (χ3v) is 7.83. The maximum Gasteiger partial charge on any atom is 0.410 e. The summed E-state index contributed by atoms with van der Waals surface area (Å²) in [6.45, 7) is 16.0. The van der Waals surface area contributed by atoms with Crippen molar-refractivity contribution >= 4 is 28.6 Å². The molecule has 3 heterocycles. The average Bonchev–Trinajstić information content (AvgIpc) is 3.50. The zero-order chi connectivity index (χ0) is 31.1. The van der Waals surface area contributed by atoms with Crippen molar-refractivity contribution in [1.29, 1.82) is 0 Å². The Morgan fingerprint density at radius 3 is 2.33 bits per heavy atom. The van der Waals surface area contributed by atoms with Crippen LogP contribution in [0.3, 0.4) is 0 Å². The summed E-state index contributed by atoms with van der Waals surface area (Å²) in [7, 11) is 0. The topological polar surface area (TPSA) is 81.4 Å². The van der Waals surface area contributed by atoms with Crippen molar-refractivity contribution in [2.24, 2.45) is 5.92 Å². The van der Waals surface area contributed by atoms with Crippen LogP contribution in [-0.4, -0.2) is 49.9 Å². The van der Waals surface area contributed by atoms with Crippen molar-refractivity contribution in [2.75, 3.05) is 18.4 Å². The number of fused-ring (bicyclic) bond motifs is 1. The molecule has 228 valence electrons. The quantitative estimate of drug-likeness (QED) is 0.261. The normalized spacial score (nSPS) is 14.7. The van der Waals surface area contributed by atoms with Crippen LogP contribution in [0.2, 0.25) is 0 Å². The summed E-state index contributed by atoms with van der Waals surface area (Å²) in [6.07, 6.45) is 5.30. The highest BCUT2D eigenvalue weighted by Crippen LogP contribution is 2.31. The monoisotopic (exact) mass is 587 g/mol. The lowest BCUT2D eigenvalue weighted by atomic mass is 9.97. The van der Waals surface area contributed by atoms with Gasteiger partial charge in [-0.2, -0.15) is 5.10 Å². The highest BCUT2D eigenvalue weighted by Gasteiger charge is 2.28. The van der Waals surface area contributed by atoms with Gasteiger partial charge in [-0.1, -0.05) is 6.07 Å². The standard InChI is InChI=1S/C34H42FN5O3/c1-22-20-39(21-23-14-16-38(17-15-23)32(42)43-34(5,6)7)29-18-26(12-13-27(22)29)37-31(41)28-19-36-40(33(2,3)4)30(28)24-8-10-25(35)11-9-24/h8-13,18-20,23H,14-17,21H2,1-7H3,(H,37,41). The molecule has 1 saturated heterocycles. The van der Waals surface area contributed by atoms with Gasteiger partial charge in [-0.15, -0.1) is 0 Å². The number of ether oxygens (including phenoxy) is 1. The Morgan fingerprint density at radius 1 is 1.02 bits per heavy atom. The number of anilines is 1. The molecule has 2 aromatic carbocycles. The molecule has 2 aromatic heterocycles. The summed E-state index contributed by atoms with van der Waals surface area (Å²) < 4.78 is 23.3. The van der Waals surface area contributed by atoms with E-state index >= 15 is 0 Å². The van der Waals surface area contributed by atoms with Gasteiger partial charge < -0.3 is 19.5 Å². The van der Waals surface area contributed by atoms with Gasteiger partial charge in [0.15, 0.2) is 0 Å². The molecule has 1 aliphatic rings. The van der Waals surface area contributed by atoms with Crippen molar-refractivity contribution in [2.45, 2.75) is 79.0 Å². The van der Waals surface area contributed by atoms with Crippen LogP contribution in [0, 0.1) is 18.7 Å². The van der Waals surface area contributed by atoms with Gasteiger partial charge in [0.1, 0.15) is 11.4 Å². The maximum absolute atomic E-state index is 13.7. The van der Waals surface area contributed by atoms with Crippen LogP contribution in [-0.2, 0) is 16.8 Å². The molecule has 43 heavy (non-hydrogen) atoms. The molecular formula is C34H42FN5O3. The van der Waals surface area contributed by atoms with Gasteiger partial charge in [0.25, 0.3) is 5.91 Å². The van der Waals surface area contributed by atoms with E-state index in [1.165, 1.54) is 17.7 Å². The van der Waals surface area contributed by atoms with Gasteiger partial charge >= 0.3 is 6.09 Å². The second-order valence-electron chi connectivity index (χ2n) is 13.6. The third-order valence-electron chi connectivity index (χ3n) is 7.83. The summed E-state index contributed by atoms with van der Waals surface area (Å²) in [5, 5.41) is 8.75. The number of hydrogen-bond acceptors (Lipinski definition) is 4. The van der Waals surface area contributed by atoms with E-state index in [9.17, 15) is 14.0 Å². The minimum absolute atomic E-state index is 0.246. The Hall–Kier alpha value is -4.14. The predicted molar refractivity (Wildman–Crippen MR) is 168 cm³/mol. The molecule has 0 spiro atoms. The molecular weight excluding hydrogens is 545 g/mol. The zero-order valence-corrected chi connectivity index (χ0v) is 26.2. The summed E-state index contributed by atoms with van der Waals surface area (Å²) >= 11 is 0. The molecule has 1 fully saturated rings. The zero-order valence-electron chi connectivity index (χ0n) is 26.2. The lowest BCUT2D eigenvalue weighted by Crippen LogP contribution is -2.42. The molecule has 0 bridgehead atoms. The van der Waals surface area contributed by atoms with E-state index in [4.69, 9.17) is 4.74 Å². The SMILES string of the molecule is Cc1cn(CC2CCN(C(=O)OC(C)(C)C)CC2)c2cc(NC(=O)c3cnn(C(C)(C)C)c3-c3ccc(F)cc3)ccc12. The molecule has 0 unspecified atom stereocenters. The molecule has 0 atom stereocenters. The van der Waals surface area contributed by atoms with Crippen LogP contribution >= 0.6 is 0 Å². The molecule has 0 aliphatic carbocycles. The van der Waals surface area contributed by atoms with Crippen LogP contribution < -0.4 is 5.32 Å². The number of benzene rings is 2. The Labute approximate surface area is 252 Å². The summed E-state index contributed by atoms with van der Waals surface area (Å²) in [6, 6.07) is 12.1. The minimum Gasteiger partial charge on any atom is -0.444 e. The highest BCUT2D eigenvalue weighted by molar-refractivity contribution is 6.08. The molecule has 1 N–H and O–H groups in total. The second-order valence-corrected chi connectivity index (χ2v) is 13.6. The van der Waals surface area contributed by atoms with Crippen molar-refractivity contribution in [3.63, 3.8) is 0 Å². The Kier molecular flexibility index (Phi) is 8.11. The Bertz CT molecular complexity index is 1630. The van der Waals surface area contributed by atoms with Gasteiger partial charge in [0, 0.05) is 42.5 Å². The van der Waals surface area contributed by atoms with Crippen LogP contribution in [0.15, 0.2) is 54.9 Å². The second kappa shape index (κ2) is 11.5. The molecule has 0 saturated carbocycles. The van der Waals surface area contributed by atoms with Crippen molar-refractivity contribution in [3.05, 3.63) is 71.8 Å². The first-order valence-electron chi connectivity index (χ1n) is 14.9. The van der Waals surface area contributed by atoms with Crippen LogP contribution in [0.1, 0.15) is 70.3 Å². The fourth-order valence-electron chi connectivity index (χ4n) is 5.71. The summed E-state index contributed by atoms with van der Waals surface area (Å²) in [5.41, 5.74) is 3.80. The third kappa shape index (κ3) is 6.76. The number of nitrogens with zero attached hydrogens (tertiary/aromatic N) is 4. The van der Waals surface area contributed by atoms with E-state index in [2.05, 4.69) is 28.1 Å². The molecule has 9 heteroatoms. The number of rotatable bonds is 5. The van der Waals surface area contributed by atoms with E-state index in [0.29, 0.717) is 36.0 Å². The number of carbonyl (C=O) groups excluding carboxylic acids is 2. The maximum atomic E-state index is 13.7. The Morgan fingerprint density at radius 2 is 1.70 bits per heavy atom. The molecule has 1 aliphatic heterocycles. The molecule has 4 aromatic rings. The van der Waals surface area contributed by atoms with Crippen LogP contribution in [0.5, 0.6) is 0 Å². The summed E-state index contributed by atoms with van der Waals surface area (Å²) in [5.74, 6) is -0.191. The van der Waals surface area contributed by atoms with Gasteiger partial charge in [-0.25, -0.2) is 9.18 Å². The van der Waals surface area contributed by atoms with Crippen molar-refractivity contribution < 1.29 is 18.7 Å². The highest BCUT2D eigenvalue weighted by atomic mass is 19.1. The number of hydrogen-bond donors (Lipinski definition) is 1. The van der Waals surface area contributed by atoms with Gasteiger partial charge in [-0.3, -0.25) is 9.48 Å². The van der Waals surface area contributed by atoms with Crippen molar-refractivity contribution in [1.82, 2.24) is 19.2 Å². The first-order valence-corrected chi connectivity index (χ1v) is 14.9. The number of amides is 2. The number of piperidine rings is 1. The number of aryl methyl sites for hydroxylation is 1. The molecule has 2 amide bonds. The first kappa shape index (κ1) is 30.3. The molecule has 5 rings (SSSR count). The largest absolute Gasteiger partial charge is 0.444 e. The Balaban J connectivity index is 1.35. The van der Waals surface area contributed by atoms with E-state index in [-0.39, 0.29) is 23.4 Å². The van der Waals surface area contributed by atoms with Crippen molar-refractivity contribution in [3.8, 4) is 11.3 Å². The van der Waals surface area contributed by atoms with Gasteiger partial charge in [0.2, 0.25) is 0 Å². The minimum atomic E-state index is -0.502. The number of carbonyl (C=O) groups is 2. The smallest absolute Gasteiger partial charge is 0.410 e. The fourth-order valence-corrected chi connectivity index (χ4v) is 5.71. The van der Waals surface area contributed by atoms with Crippen LogP contribution in [0.25, 0.3) is 22.2 Å². The molecule has 0 radical (unpaired) electrons. The van der Waals surface area contributed by atoms with Gasteiger partial charge in [0.05, 0.1) is 28.5 Å². The lowest BCUT2D eigenvalue weighted by molar-refractivity contribution is 0.0178. The molecule has 8 nitrogen and oxygen atoms in total. The number of aromatic nitrogens is 3. The van der Waals surface area contributed by atoms with E-state index < -0.39 is 5.60 Å². The number of halogens is 1. The average molecular weight is 588 g/mol.